The molecule has 0 spiro atoms. The lowest BCUT2D eigenvalue weighted by Crippen LogP contribution is -2.63. The van der Waals surface area contributed by atoms with E-state index in [1.807, 2.05) is 27.7 Å². The minimum atomic E-state index is -4.23. The average Bonchev–Trinajstić information content (AvgIpc) is 2.33. The number of amides is 1. The highest BCUT2D eigenvalue weighted by Crippen LogP contribution is 2.28. The number of hydrogen-bond acceptors (Lipinski definition) is 7. The fourth-order valence-electron chi connectivity index (χ4n) is 3.22. The Morgan fingerprint density at radius 3 is 2.28 bits per heavy atom. The molecule has 1 saturated heterocycles. The molecule has 0 saturated carbocycles. The van der Waals surface area contributed by atoms with Gasteiger partial charge >= 0.3 is 27.8 Å². The summed E-state index contributed by atoms with van der Waals surface area (Å²) in [7, 11) is -4.23. The van der Waals surface area contributed by atoms with E-state index in [1.165, 1.54) is 6.92 Å². The summed E-state index contributed by atoms with van der Waals surface area (Å²) in [6.07, 6.45) is 1.03. The second-order valence-corrected chi connectivity index (χ2v) is 8.68. The van der Waals surface area contributed by atoms with Crippen LogP contribution in [0.15, 0.2) is 11.6 Å². The molecule has 0 unspecified atom stereocenters. The van der Waals surface area contributed by atoms with Gasteiger partial charge in [-0.25, -0.2) is 4.72 Å². The van der Waals surface area contributed by atoms with Gasteiger partial charge in [0, 0.05) is 17.1 Å². The van der Waals surface area contributed by atoms with Crippen LogP contribution in [0.5, 0.6) is 0 Å². The fraction of sp³-hybridized carbons (Fsp3) is 0.786. The van der Waals surface area contributed by atoms with E-state index in [1.54, 1.807) is 4.72 Å². The average molecular weight is 376 g/mol. The molecule has 1 rings (SSSR count). The lowest BCUT2D eigenvalue weighted by Gasteiger charge is -2.46. The van der Waals surface area contributed by atoms with Gasteiger partial charge in [-0.2, -0.15) is 13.1 Å². The molecule has 10 nitrogen and oxygen atoms in total. The molecular weight excluding hydrogens is 350 g/mol. The lowest BCUT2D eigenvalue weighted by atomic mass is 9.80. The maximum absolute atomic E-state index is 12.2. The predicted molar refractivity (Wildman–Crippen MR) is 90.9 cm³/mol. The first-order valence-corrected chi connectivity index (χ1v) is 9.34. The number of nitrogens with one attached hydrogen (secondary N) is 3. The van der Waals surface area contributed by atoms with Crippen molar-refractivity contribution in [3.63, 3.8) is 0 Å². The van der Waals surface area contributed by atoms with Crippen molar-refractivity contribution in [2.75, 3.05) is 6.61 Å². The van der Waals surface area contributed by atoms with Gasteiger partial charge in [0.2, 0.25) is 5.39 Å². The number of piperidine rings is 1. The van der Waals surface area contributed by atoms with E-state index in [9.17, 15) is 18.3 Å². The minimum Gasteiger partial charge on any atom is -0.475 e. The SMILES string of the molecule is CCOC(O)=C([N+]#N)C(=O)NS(=O)(=O)NC1CC(C)(C)NC(C)(C)C1. The highest BCUT2D eigenvalue weighted by atomic mass is 32.2. The van der Waals surface area contributed by atoms with E-state index >= 15 is 0 Å². The van der Waals surface area contributed by atoms with Crippen LogP contribution in [-0.4, -0.2) is 43.2 Å². The summed E-state index contributed by atoms with van der Waals surface area (Å²) in [6.45, 7) is 9.36. The molecule has 0 aromatic rings. The zero-order valence-corrected chi connectivity index (χ0v) is 15.9. The Balaban J connectivity index is 2.87. The smallest absolute Gasteiger partial charge is 0.475 e. The van der Waals surface area contributed by atoms with Gasteiger partial charge in [-0.3, -0.25) is 4.79 Å². The van der Waals surface area contributed by atoms with Gasteiger partial charge in [-0.05, 0) is 47.5 Å². The summed E-state index contributed by atoms with van der Waals surface area (Å²) in [6, 6.07) is -0.407. The van der Waals surface area contributed by atoms with Crippen LogP contribution >= 0.6 is 0 Å². The third kappa shape index (κ3) is 6.49. The Labute approximate surface area is 147 Å². The van der Waals surface area contributed by atoms with Crippen molar-refractivity contribution in [3.05, 3.63) is 16.6 Å². The van der Waals surface area contributed by atoms with Crippen LogP contribution in [0.3, 0.4) is 0 Å². The third-order valence-electron chi connectivity index (χ3n) is 3.54. The van der Waals surface area contributed by atoms with Crippen LogP contribution in [0.2, 0.25) is 0 Å². The van der Waals surface area contributed by atoms with Gasteiger partial charge in [-0.1, -0.05) is 0 Å². The normalized spacial score (nSPS) is 21.0. The Hall–Kier alpha value is -1.90. The van der Waals surface area contributed by atoms with E-state index in [-0.39, 0.29) is 17.7 Å². The van der Waals surface area contributed by atoms with Crippen LogP contribution in [-0.2, 0) is 19.7 Å². The van der Waals surface area contributed by atoms with Gasteiger partial charge in [0.15, 0.2) is 4.98 Å². The molecule has 1 aliphatic rings. The molecule has 0 radical (unpaired) electrons. The number of nitrogens with zero attached hydrogens (tertiary/aromatic N) is 2. The van der Waals surface area contributed by atoms with E-state index < -0.39 is 33.8 Å². The number of rotatable bonds is 6. The molecule has 0 atom stereocenters. The van der Waals surface area contributed by atoms with Gasteiger partial charge < -0.3 is 15.2 Å². The standard InChI is InChI=1S/C14H25N5O5S/c1-6-24-12(21)10(16-15)11(20)18-25(22,23)17-9-7-13(2,3)19-14(4,5)8-9/h9,17,19H,6-8H2,1-5H3,(H-,18,20,21)/p+1. The molecule has 0 aromatic heterocycles. The van der Waals surface area contributed by atoms with Crippen LogP contribution in [0.25, 0.3) is 4.98 Å². The quantitative estimate of drug-likeness (QED) is 0.306. The van der Waals surface area contributed by atoms with E-state index in [0.29, 0.717) is 12.8 Å². The number of ether oxygens (including phenoxy) is 1. The van der Waals surface area contributed by atoms with E-state index in [2.05, 4.69) is 19.8 Å². The number of aliphatic hydroxyl groups is 1. The lowest BCUT2D eigenvalue weighted by molar-refractivity contribution is -0.116. The van der Waals surface area contributed by atoms with E-state index in [0.717, 1.165) is 0 Å². The molecule has 0 aliphatic carbocycles. The van der Waals surface area contributed by atoms with Crippen molar-refractivity contribution in [1.82, 2.24) is 14.8 Å². The monoisotopic (exact) mass is 376 g/mol. The molecular formula is C14H26N5O5S+. The van der Waals surface area contributed by atoms with Crippen LogP contribution < -0.4 is 14.8 Å². The van der Waals surface area contributed by atoms with E-state index in [4.69, 9.17) is 5.39 Å². The topological polar surface area (TPSA) is 145 Å². The third-order valence-corrected chi connectivity index (χ3v) is 4.64. The zero-order chi connectivity index (χ0) is 19.5. The first kappa shape index (κ1) is 21.1. The fourth-order valence-corrected chi connectivity index (χ4v) is 4.22. The van der Waals surface area contributed by atoms with Crippen LogP contribution in [0.1, 0.15) is 47.5 Å². The molecule has 0 bridgehead atoms. The summed E-state index contributed by atoms with van der Waals surface area (Å²) in [5.41, 5.74) is -1.52. The summed E-state index contributed by atoms with van der Waals surface area (Å²) < 4.78 is 33.2. The summed E-state index contributed by atoms with van der Waals surface area (Å²) >= 11 is 0. The van der Waals surface area contributed by atoms with Gasteiger partial charge in [0.05, 0.1) is 6.61 Å². The highest BCUT2D eigenvalue weighted by Gasteiger charge is 2.40. The summed E-state index contributed by atoms with van der Waals surface area (Å²) in [5, 5.41) is 21.7. The Morgan fingerprint density at radius 1 is 1.32 bits per heavy atom. The van der Waals surface area contributed by atoms with Gasteiger partial charge in [0.1, 0.15) is 0 Å². The number of carbonyl (C=O) groups excluding carboxylic acids is 1. The van der Waals surface area contributed by atoms with Gasteiger partial charge in [-0.15, -0.1) is 0 Å². The molecule has 142 valence electrons. The van der Waals surface area contributed by atoms with Crippen molar-refractivity contribution >= 4 is 16.1 Å². The first-order chi connectivity index (χ1) is 11.3. The van der Waals surface area contributed by atoms with Crippen molar-refractivity contribution in [2.45, 2.75) is 64.6 Å². The van der Waals surface area contributed by atoms with Crippen molar-refractivity contribution in [2.24, 2.45) is 0 Å². The molecule has 1 aliphatic heterocycles. The Morgan fingerprint density at radius 2 is 1.84 bits per heavy atom. The second kappa shape index (κ2) is 7.55. The number of diazo groups is 1. The maximum atomic E-state index is 12.2. The van der Waals surface area contributed by atoms with Crippen LogP contribution in [0.4, 0.5) is 0 Å². The molecule has 11 heteroatoms. The number of carbonyl (C=O) groups is 1. The maximum Gasteiger partial charge on any atom is 0.528 e. The zero-order valence-electron chi connectivity index (χ0n) is 15.1. The minimum absolute atomic E-state index is 0.00235. The van der Waals surface area contributed by atoms with Gasteiger partial charge in [0.25, 0.3) is 0 Å². The predicted octanol–water partition coefficient (Wildman–Crippen LogP) is 0.863. The number of aliphatic hydroxyl groups excluding tert-OH is 1. The second-order valence-electron chi connectivity index (χ2n) is 7.24. The molecule has 25 heavy (non-hydrogen) atoms. The van der Waals surface area contributed by atoms with Crippen molar-refractivity contribution < 1.29 is 23.1 Å². The number of hydrogen-bond donors (Lipinski definition) is 4. The molecule has 0 aromatic carbocycles. The molecule has 1 amide bonds. The largest absolute Gasteiger partial charge is 0.528 e. The highest BCUT2D eigenvalue weighted by molar-refractivity contribution is 7.88. The first-order valence-electron chi connectivity index (χ1n) is 7.86. The summed E-state index contributed by atoms with van der Waals surface area (Å²) in [5.74, 6) is -2.28. The summed E-state index contributed by atoms with van der Waals surface area (Å²) in [4.78, 5) is 14.5. The van der Waals surface area contributed by atoms with Crippen molar-refractivity contribution in [3.8, 4) is 0 Å². The Kier molecular flexibility index (Phi) is 6.39. The molecule has 1 fully saturated rings. The molecule has 1 heterocycles. The Bertz CT molecular complexity index is 677. The van der Waals surface area contributed by atoms with Crippen molar-refractivity contribution in [1.29, 1.82) is 5.39 Å². The van der Waals surface area contributed by atoms with Crippen LogP contribution in [0, 0.1) is 5.39 Å². The molecule has 4 N–H and O–H groups in total.